The van der Waals surface area contributed by atoms with Gasteiger partial charge in [-0.25, -0.2) is 8.78 Å². The molecule has 2 aromatic rings. The second kappa shape index (κ2) is 8.75. The van der Waals surface area contributed by atoms with Crippen LogP contribution in [0.2, 0.25) is 0 Å². The number of rotatable bonds is 5. The number of hydrogen-bond donors (Lipinski definition) is 1. The predicted molar refractivity (Wildman–Crippen MR) is 97.7 cm³/mol. The summed E-state index contributed by atoms with van der Waals surface area (Å²) in [4.78, 5) is 26.3. The van der Waals surface area contributed by atoms with Gasteiger partial charge in [-0.15, -0.1) is 0 Å². The number of nitrogens with one attached hydrogen (secondary N) is 1. The topological polar surface area (TPSA) is 49.4 Å². The molecular formula is C21H22F2N2O2. The molecule has 1 heterocycles. The van der Waals surface area contributed by atoms with Crippen LogP contribution in [0.1, 0.15) is 24.0 Å². The first-order valence-corrected chi connectivity index (χ1v) is 9.07. The largest absolute Gasteiger partial charge is 0.352 e. The molecule has 4 nitrogen and oxygen atoms in total. The van der Waals surface area contributed by atoms with Crippen LogP contribution in [0.15, 0.2) is 48.5 Å². The van der Waals surface area contributed by atoms with Gasteiger partial charge in [-0.1, -0.05) is 36.4 Å². The summed E-state index contributed by atoms with van der Waals surface area (Å²) in [5, 5.41) is 2.77. The van der Waals surface area contributed by atoms with Crippen molar-refractivity contribution in [1.29, 1.82) is 0 Å². The molecule has 1 aliphatic rings. The van der Waals surface area contributed by atoms with Gasteiger partial charge in [0.05, 0.1) is 6.42 Å². The molecule has 0 aromatic heterocycles. The van der Waals surface area contributed by atoms with E-state index in [4.69, 9.17) is 0 Å². The molecule has 2 amide bonds. The third kappa shape index (κ3) is 4.90. The minimum atomic E-state index is -0.381. The van der Waals surface area contributed by atoms with Crippen molar-refractivity contribution in [2.24, 2.45) is 5.92 Å². The third-order valence-corrected chi connectivity index (χ3v) is 4.93. The van der Waals surface area contributed by atoms with Gasteiger partial charge in [0.15, 0.2) is 0 Å². The van der Waals surface area contributed by atoms with Crippen molar-refractivity contribution in [1.82, 2.24) is 10.2 Å². The molecule has 0 unspecified atom stereocenters. The molecule has 1 N–H and O–H groups in total. The van der Waals surface area contributed by atoms with Crippen LogP contribution >= 0.6 is 0 Å². The van der Waals surface area contributed by atoms with Crippen LogP contribution < -0.4 is 5.32 Å². The van der Waals surface area contributed by atoms with E-state index in [2.05, 4.69) is 5.32 Å². The number of carbonyl (C=O) groups is 2. The quantitative estimate of drug-likeness (QED) is 0.877. The van der Waals surface area contributed by atoms with E-state index in [1.807, 2.05) is 0 Å². The van der Waals surface area contributed by atoms with Crippen LogP contribution in [0.5, 0.6) is 0 Å². The highest BCUT2D eigenvalue weighted by molar-refractivity contribution is 5.81. The first-order valence-electron chi connectivity index (χ1n) is 9.07. The lowest BCUT2D eigenvalue weighted by Gasteiger charge is -2.31. The fourth-order valence-corrected chi connectivity index (χ4v) is 3.28. The van der Waals surface area contributed by atoms with E-state index in [1.165, 1.54) is 12.1 Å². The Morgan fingerprint density at radius 3 is 2.07 bits per heavy atom. The van der Waals surface area contributed by atoms with Crippen molar-refractivity contribution in [2.75, 3.05) is 13.1 Å². The lowest BCUT2D eigenvalue weighted by molar-refractivity contribution is -0.135. The SMILES string of the molecule is O=C(NCc1ccccc1F)C1CCN(C(=O)Cc2ccccc2F)CC1. The lowest BCUT2D eigenvalue weighted by Crippen LogP contribution is -2.43. The van der Waals surface area contributed by atoms with Crippen LogP contribution in [-0.2, 0) is 22.6 Å². The Morgan fingerprint density at radius 2 is 1.48 bits per heavy atom. The zero-order valence-electron chi connectivity index (χ0n) is 15.0. The zero-order valence-corrected chi connectivity index (χ0v) is 15.0. The molecule has 142 valence electrons. The molecule has 0 saturated carbocycles. The third-order valence-electron chi connectivity index (χ3n) is 4.93. The van der Waals surface area contributed by atoms with Gasteiger partial charge in [0, 0.05) is 31.1 Å². The number of hydrogen-bond acceptors (Lipinski definition) is 2. The van der Waals surface area contributed by atoms with Crippen molar-refractivity contribution < 1.29 is 18.4 Å². The highest BCUT2D eigenvalue weighted by Crippen LogP contribution is 2.19. The molecule has 0 atom stereocenters. The van der Waals surface area contributed by atoms with Gasteiger partial charge >= 0.3 is 0 Å². The van der Waals surface area contributed by atoms with Crippen molar-refractivity contribution in [3.63, 3.8) is 0 Å². The molecule has 0 bridgehead atoms. The van der Waals surface area contributed by atoms with E-state index in [0.717, 1.165) is 0 Å². The molecule has 6 heteroatoms. The molecule has 2 aromatic carbocycles. The van der Waals surface area contributed by atoms with Gasteiger partial charge in [0.1, 0.15) is 11.6 Å². The molecule has 0 spiro atoms. The number of halogens is 2. The van der Waals surface area contributed by atoms with E-state index in [1.54, 1.807) is 41.3 Å². The first-order chi connectivity index (χ1) is 13.0. The van der Waals surface area contributed by atoms with E-state index in [-0.39, 0.29) is 42.3 Å². The van der Waals surface area contributed by atoms with Crippen LogP contribution in [0, 0.1) is 17.6 Å². The van der Waals surface area contributed by atoms with E-state index < -0.39 is 0 Å². The van der Waals surface area contributed by atoms with Gasteiger partial charge in [0.2, 0.25) is 11.8 Å². The molecule has 27 heavy (non-hydrogen) atoms. The van der Waals surface area contributed by atoms with E-state index in [9.17, 15) is 18.4 Å². The number of piperidine rings is 1. The summed E-state index contributed by atoms with van der Waals surface area (Å²) in [7, 11) is 0. The number of amides is 2. The van der Waals surface area contributed by atoms with E-state index >= 15 is 0 Å². The van der Waals surface area contributed by atoms with Gasteiger partial charge in [-0.05, 0) is 30.5 Å². The van der Waals surface area contributed by atoms with Crippen LogP contribution in [0.25, 0.3) is 0 Å². The van der Waals surface area contributed by atoms with Crippen LogP contribution in [-0.4, -0.2) is 29.8 Å². The van der Waals surface area contributed by atoms with Crippen molar-refractivity contribution in [3.05, 3.63) is 71.3 Å². The lowest BCUT2D eigenvalue weighted by atomic mass is 9.95. The zero-order chi connectivity index (χ0) is 19.2. The smallest absolute Gasteiger partial charge is 0.227 e. The fraction of sp³-hybridized carbons (Fsp3) is 0.333. The van der Waals surface area contributed by atoms with Crippen LogP contribution in [0.3, 0.4) is 0 Å². The van der Waals surface area contributed by atoms with E-state index in [0.29, 0.717) is 37.1 Å². The summed E-state index contributed by atoms with van der Waals surface area (Å²) in [6.45, 7) is 1.08. The Hall–Kier alpha value is -2.76. The summed E-state index contributed by atoms with van der Waals surface area (Å²) in [6.07, 6.45) is 1.12. The number of nitrogens with zero attached hydrogens (tertiary/aromatic N) is 1. The van der Waals surface area contributed by atoms with Crippen molar-refractivity contribution in [3.8, 4) is 0 Å². The number of likely N-dealkylation sites (tertiary alicyclic amines) is 1. The Kier molecular flexibility index (Phi) is 6.16. The van der Waals surface area contributed by atoms with Gasteiger partial charge in [-0.2, -0.15) is 0 Å². The van der Waals surface area contributed by atoms with Crippen molar-refractivity contribution in [2.45, 2.75) is 25.8 Å². The molecule has 1 saturated heterocycles. The Bertz CT molecular complexity index is 817. The average molecular weight is 372 g/mol. The maximum atomic E-state index is 13.7. The Morgan fingerprint density at radius 1 is 0.926 bits per heavy atom. The molecule has 0 aliphatic carbocycles. The molecule has 0 radical (unpaired) electrons. The summed E-state index contributed by atoms with van der Waals surface area (Å²) in [6, 6.07) is 12.6. The molecule has 1 fully saturated rings. The second-order valence-corrected chi connectivity index (χ2v) is 6.73. The minimum Gasteiger partial charge on any atom is -0.352 e. The summed E-state index contributed by atoms with van der Waals surface area (Å²) < 4.78 is 27.3. The molecule has 3 rings (SSSR count). The maximum absolute atomic E-state index is 13.7. The predicted octanol–water partition coefficient (Wildman–Crippen LogP) is 3.06. The standard InChI is InChI=1S/C21H22F2N2O2/c22-18-7-3-1-5-16(18)13-20(26)25-11-9-15(10-12-25)21(27)24-14-17-6-2-4-8-19(17)23/h1-8,15H,9-14H2,(H,24,27). The monoisotopic (exact) mass is 372 g/mol. The van der Waals surface area contributed by atoms with Gasteiger partial charge in [-0.3, -0.25) is 9.59 Å². The first kappa shape index (κ1) is 19.0. The summed E-state index contributed by atoms with van der Waals surface area (Å²) >= 11 is 0. The van der Waals surface area contributed by atoms with Crippen LogP contribution in [0.4, 0.5) is 8.78 Å². The average Bonchev–Trinajstić information content (AvgIpc) is 2.69. The van der Waals surface area contributed by atoms with Gasteiger partial charge < -0.3 is 10.2 Å². The summed E-state index contributed by atoms with van der Waals surface area (Å²) in [5.41, 5.74) is 0.829. The molecule has 1 aliphatic heterocycles. The second-order valence-electron chi connectivity index (χ2n) is 6.73. The van der Waals surface area contributed by atoms with Crippen molar-refractivity contribution >= 4 is 11.8 Å². The number of benzene rings is 2. The highest BCUT2D eigenvalue weighted by Gasteiger charge is 2.27. The van der Waals surface area contributed by atoms with Gasteiger partial charge in [0.25, 0.3) is 0 Å². The number of carbonyl (C=O) groups excluding carboxylic acids is 2. The minimum absolute atomic E-state index is 0.0246. The Labute approximate surface area is 157 Å². The maximum Gasteiger partial charge on any atom is 0.227 e. The summed E-state index contributed by atoms with van der Waals surface area (Å²) in [5.74, 6) is -1.18. The fourth-order valence-electron chi connectivity index (χ4n) is 3.28. The highest BCUT2D eigenvalue weighted by atomic mass is 19.1. The Balaban J connectivity index is 1.47. The normalized spacial score (nSPS) is 14.8. The molecular weight excluding hydrogens is 350 g/mol.